The van der Waals surface area contributed by atoms with Gasteiger partial charge >= 0.3 is 6.16 Å². The van der Waals surface area contributed by atoms with Gasteiger partial charge < -0.3 is 15.3 Å². The van der Waals surface area contributed by atoms with Crippen molar-refractivity contribution in [1.82, 2.24) is 0 Å². The van der Waals surface area contributed by atoms with E-state index < -0.39 is 12.1 Å². The number of aliphatic carboxylic acids is 1. The summed E-state index contributed by atoms with van der Waals surface area (Å²) in [5.74, 6) is -0.833. The molecule has 0 heterocycles. The van der Waals surface area contributed by atoms with Gasteiger partial charge in [0.15, 0.2) is 0 Å². The second-order valence-electron chi connectivity index (χ2n) is 0.802. The Bertz CT molecular complexity index is 65.7. The molecule has 0 spiro atoms. The molecule has 0 aromatic heterocycles. The van der Waals surface area contributed by atoms with E-state index in [1.165, 1.54) is 0 Å². The number of carbonyl (C=O) groups is 2. The smallest absolute Gasteiger partial charge is 0.481 e. The maximum absolute atomic E-state index is 9.00. The molecular weight excluding hydrogens is 116 g/mol. The standard InChI is InChI=1S/C2H4O2.CH2O3/c1-2(3)4;2-1(3)4/h1H3,(H,3,4);(H2,2,3,4). The average Bonchev–Trinajstić information content (AvgIpc) is 1.25. The van der Waals surface area contributed by atoms with Crippen molar-refractivity contribution in [1.29, 1.82) is 0 Å². The second-order valence-corrected chi connectivity index (χ2v) is 0.802. The van der Waals surface area contributed by atoms with Crippen LogP contribution in [0.5, 0.6) is 0 Å². The quantitative estimate of drug-likeness (QED) is 0.429. The zero-order chi connectivity index (χ0) is 7.15. The van der Waals surface area contributed by atoms with Gasteiger partial charge in [0.2, 0.25) is 0 Å². The Labute approximate surface area is 45.2 Å². The Balaban J connectivity index is 0. The van der Waals surface area contributed by atoms with Gasteiger partial charge in [-0.25, -0.2) is 4.79 Å². The highest BCUT2D eigenvalue weighted by Crippen LogP contribution is 1.43. The second kappa shape index (κ2) is 5.74. The number of carboxylic acid groups (broad SMARTS) is 3. The first-order valence-electron chi connectivity index (χ1n) is 1.58. The van der Waals surface area contributed by atoms with E-state index in [-0.39, 0.29) is 0 Å². The highest BCUT2D eigenvalue weighted by molar-refractivity contribution is 5.62. The third kappa shape index (κ3) is 41.8. The summed E-state index contributed by atoms with van der Waals surface area (Å²) in [5, 5.41) is 21.4. The molecule has 0 rings (SSSR count). The van der Waals surface area contributed by atoms with E-state index in [0.717, 1.165) is 6.92 Å². The van der Waals surface area contributed by atoms with Crippen molar-refractivity contribution < 1.29 is 24.9 Å². The number of hydrogen-bond donors (Lipinski definition) is 3. The van der Waals surface area contributed by atoms with Gasteiger partial charge in [0, 0.05) is 6.92 Å². The van der Waals surface area contributed by atoms with Gasteiger partial charge in [0.25, 0.3) is 5.97 Å². The van der Waals surface area contributed by atoms with Gasteiger partial charge in [0.05, 0.1) is 0 Å². The van der Waals surface area contributed by atoms with Crippen LogP contribution in [0.2, 0.25) is 0 Å². The summed E-state index contributed by atoms with van der Waals surface area (Å²) in [5.41, 5.74) is 0. The van der Waals surface area contributed by atoms with Crippen LogP contribution in [-0.4, -0.2) is 27.4 Å². The molecule has 0 amide bonds. The molecule has 0 atom stereocenters. The van der Waals surface area contributed by atoms with Crippen molar-refractivity contribution >= 4 is 12.1 Å². The predicted octanol–water partition coefficient (Wildman–Crippen LogP) is 0.313. The highest BCUT2D eigenvalue weighted by atomic mass is 16.6. The normalized spacial score (nSPS) is 6.12. The van der Waals surface area contributed by atoms with E-state index in [1.807, 2.05) is 0 Å². The Hall–Kier alpha value is -1.26. The summed E-state index contributed by atoms with van der Waals surface area (Å²) < 4.78 is 0. The van der Waals surface area contributed by atoms with Crippen LogP contribution in [0.1, 0.15) is 6.92 Å². The molecule has 0 unspecified atom stereocenters. The monoisotopic (exact) mass is 122 g/mol. The summed E-state index contributed by atoms with van der Waals surface area (Å²) >= 11 is 0. The van der Waals surface area contributed by atoms with E-state index in [2.05, 4.69) is 0 Å². The molecule has 0 fully saturated rings. The maximum Gasteiger partial charge on any atom is 0.503 e. The van der Waals surface area contributed by atoms with Crippen LogP contribution >= 0.6 is 0 Å². The fourth-order valence-corrected chi connectivity index (χ4v) is 0. The largest absolute Gasteiger partial charge is 0.503 e. The van der Waals surface area contributed by atoms with Crippen molar-refractivity contribution in [3.63, 3.8) is 0 Å². The minimum atomic E-state index is -1.83. The third-order valence-corrected chi connectivity index (χ3v) is 0. The minimum absolute atomic E-state index is 0.833. The number of hydrogen-bond acceptors (Lipinski definition) is 2. The maximum atomic E-state index is 9.00. The topological polar surface area (TPSA) is 94.8 Å². The molecule has 0 radical (unpaired) electrons. The van der Waals surface area contributed by atoms with E-state index in [4.69, 9.17) is 24.9 Å². The van der Waals surface area contributed by atoms with Crippen molar-refractivity contribution in [3.05, 3.63) is 0 Å². The minimum Gasteiger partial charge on any atom is -0.481 e. The van der Waals surface area contributed by atoms with Crippen LogP contribution in [0, 0.1) is 0 Å². The lowest BCUT2D eigenvalue weighted by molar-refractivity contribution is -0.134. The fourth-order valence-electron chi connectivity index (χ4n) is 0. The van der Waals surface area contributed by atoms with Crippen LogP contribution < -0.4 is 0 Å². The molecule has 0 aromatic carbocycles. The molecule has 0 aromatic rings. The van der Waals surface area contributed by atoms with Crippen molar-refractivity contribution in [3.8, 4) is 0 Å². The van der Waals surface area contributed by atoms with Crippen molar-refractivity contribution in [2.24, 2.45) is 0 Å². The van der Waals surface area contributed by atoms with E-state index >= 15 is 0 Å². The Morgan fingerprint density at radius 2 is 1.12 bits per heavy atom. The molecule has 3 N–H and O–H groups in total. The van der Waals surface area contributed by atoms with Crippen LogP contribution in [0.25, 0.3) is 0 Å². The number of rotatable bonds is 0. The van der Waals surface area contributed by atoms with Gasteiger partial charge in [0.1, 0.15) is 0 Å². The summed E-state index contributed by atoms with van der Waals surface area (Å²) in [4.78, 5) is 17.6. The SMILES string of the molecule is CC(=O)O.O=C(O)O. The lowest BCUT2D eigenvalue weighted by Gasteiger charge is -1.60. The zero-order valence-electron chi connectivity index (χ0n) is 4.16. The summed E-state index contributed by atoms with van der Waals surface area (Å²) in [7, 11) is 0. The van der Waals surface area contributed by atoms with E-state index in [9.17, 15) is 0 Å². The molecule has 0 saturated carbocycles. The van der Waals surface area contributed by atoms with Crippen molar-refractivity contribution in [2.45, 2.75) is 6.92 Å². The molecule has 5 heteroatoms. The van der Waals surface area contributed by atoms with Gasteiger partial charge in [-0.15, -0.1) is 0 Å². The van der Waals surface area contributed by atoms with Gasteiger partial charge in [-0.1, -0.05) is 0 Å². The first-order chi connectivity index (χ1) is 3.46. The van der Waals surface area contributed by atoms with Gasteiger partial charge in [-0.2, -0.15) is 0 Å². The Kier molecular flexibility index (Phi) is 7.09. The highest BCUT2D eigenvalue weighted by Gasteiger charge is 1.70. The molecule has 8 heavy (non-hydrogen) atoms. The molecule has 48 valence electrons. The Morgan fingerprint density at radius 3 is 1.12 bits per heavy atom. The average molecular weight is 122 g/mol. The lowest BCUT2D eigenvalue weighted by atomic mass is 10.9. The van der Waals surface area contributed by atoms with E-state index in [0.29, 0.717) is 0 Å². The van der Waals surface area contributed by atoms with Crippen LogP contribution in [-0.2, 0) is 4.79 Å². The van der Waals surface area contributed by atoms with Gasteiger partial charge in [-0.05, 0) is 0 Å². The lowest BCUT2D eigenvalue weighted by Crippen LogP contribution is -1.81. The molecule has 0 aliphatic rings. The predicted molar refractivity (Wildman–Crippen MR) is 24.0 cm³/mol. The summed E-state index contributed by atoms with van der Waals surface area (Å²) in [6.45, 7) is 1.08. The van der Waals surface area contributed by atoms with E-state index in [1.54, 1.807) is 0 Å². The van der Waals surface area contributed by atoms with Crippen LogP contribution in [0.15, 0.2) is 0 Å². The first-order valence-corrected chi connectivity index (χ1v) is 1.58. The molecule has 0 aliphatic carbocycles. The summed E-state index contributed by atoms with van der Waals surface area (Å²) in [6, 6.07) is 0. The zero-order valence-corrected chi connectivity index (χ0v) is 4.16. The molecule has 0 aliphatic heterocycles. The van der Waals surface area contributed by atoms with Crippen LogP contribution in [0.4, 0.5) is 4.79 Å². The first kappa shape index (κ1) is 9.88. The third-order valence-electron chi connectivity index (χ3n) is 0. The molecule has 0 saturated heterocycles. The van der Waals surface area contributed by atoms with Crippen LogP contribution in [0.3, 0.4) is 0 Å². The van der Waals surface area contributed by atoms with Gasteiger partial charge in [-0.3, -0.25) is 4.79 Å². The fraction of sp³-hybridized carbons (Fsp3) is 0.333. The van der Waals surface area contributed by atoms with Crippen molar-refractivity contribution in [2.75, 3.05) is 0 Å². The Morgan fingerprint density at radius 1 is 1.12 bits per heavy atom. The molecule has 0 bridgehead atoms. The summed E-state index contributed by atoms with van der Waals surface area (Å²) in [6.07, 6.45) is -1.83. The number of carboxylic acids is 1. The molecule has 5 nitrogen and oxygen atoms in total. The molecular formula is C3H6O5.